The van der Waals surface area contributed by atoms with E-state index in [-0.39, 0.29) is 48.2 Å². The van der Waals surface area contributed by atoms with Gasteiger partial charge in [-0.3, -0.25) is 19.2 Å². The zero-order valence-corrected chi connectivity index (χ0v) is 48.0. The number of fused-ring (bicyclic) bond motifs is 7. The molecule has 0 amide bonds. The third kappa shape index (κ3) is 10.3. The maximum Gasteiger partial charge on any atom is 0.338 e. The Kier molecular flexibility index (Phi) is 16.5. The minimum absolute atomic E-state index is 0.102. The van der Waals surface area contributed by atoms with E-state index < -0.39 is 101 Å². The molecule has 17 heteroatoms. The predicted octanol–water partition coefficient (Wildman–Crippen LogP) is 8.32. The molecular formula is C64H74N2O15. The summed E-state index contributed by atoms with van der Waals surface area (Å²) in [7, 11) is 10.5. The Bertz CT molecular complexity index is 3370. The fourth-order valence-corrected chi connectivity index (χ4v) is 13.4. The minimum Gasteiger partial charge on any atom is -0.456 e. The van der Waals surface area contributed by atoms with Crippen LogP contribution in [0.25, 0.3) is 28.0 Å². The van der Waals surface area contributed by atoms with Gasteiger partial charge in [-0.25, -0.2) is 9.59 Å². The molecule has 2 heterocycles. The van der Waals surface area contributed by atoms with Gasteiger partial charge in [0.25, 0.3) is 0 Å². The van der Waals surface area contributed by atoms with Crippen molar-refractivity contribution in [2.45, 2.75) is 127 Å². The van der Waals surface area contributed by atoms with Gasteiger partial charge in [0.05, 0.1) is 40.4 Å². The van der Waals surface area contributed by atoms with Gasteiger partial charge >= 0.3 is 17.9 Å². The van der Waals surface area contributed by atoms with Crippen molar-refractivity contribution in [3.63, 3.8) is 0 Å². The molecule has 11 atom stereocenters. The number of allylic oxidation sites excluding steroid dienone is 1. The Morgan fingerprint density at radius 3 is 2.14 bits per heavy atom. The van der Waals surface area contributed by atoms with Crippen molar-refractivity contribution in [3.05, 3.63) is 135 Å². The number of ether oxygens (including phenoxy) is 6. The molecule has 81 heavy (non-hydrogen) atoms. The lowest BCUT2D eigenvalue weighted by Gasteiger charge is -2.67. The van der Waals surface area contributed by atoms with Gasteiger partial charge in [-0.1, -0.05) is 74.5 Å². The molecule has 1 aromatic heterocycles. The van der Waals surface area contributed by atoms with Crippen molar-refractivity contribution in [3.8, 4) is 0 Å². The van der Waals surface area contributed by atoms with Crippen LogP contribution in [0.5, 0.6) is 0 Å². The molecule has 3 aliphatic carbocycles. The first kappa shape index (κ1) is 58.6. The number of ketones is 2. The average molecular weight is 1110 g/mol. The van der Waals surface area contributed by atoms with Crippen LogP contribution in [-0.2, 0) is 47.6 Å². The van der Waals surface area contributed by atoms with Gasteiger partial charge in [-0.15, -0.1) is 0 Å². The number of aliphatic hydroxyl groups excluding tert-OH is 1. The van der Waals surface area contributed by atoms with Gasteiger partial charge in [-0.05, 0) is 79.3 Å². The van der Waals surface area contributed by atoms with Crippen molar-refractivity contribution in [2.75, 3.05) is 58.8 Å². The average Bonchev–Trinajstić information content (AvgIpc) is 2.76. The van der Waals surface area contributed by atoms with E-state index in [1.807, 2.05) is 74.4 Å². The molecule has 9 rings (SSSR count). The van der Waals surface area contributed by atoms with Gasteiger partial charge in [0.2, 0.25) is 5.43 Å². The summed E-state index contributed by atoms with van der Waals surface area (Å²) in [6, 6.07) is 26.1. The normalized spacial score (nSPS) is 27.5. The Morgan fingerprint density at radius 1 is 0.852 bits per heavy atom. The number of carbonyl (C=O) groups is 5. The summed E-state index contributed by atoms with van der Waals surface area (Å²) >= 11 is 0. The number of carbonyl (C=O) groups excluding carboxylic acids is 5. The van der Waals surface area contributed by atoms with Gasteiger partial charge < -0.3 is 52.9 Å². The summed E-state index contributed by atoms with van der Waals surface area (Å²) < 4.78 is 43.8. The minimum atomic E-state index is -2.24. The second-order valence-electron chi connectivity index (χ2n) is 23.3. The summed E-state index contributed by atoms with van der Waals surface area (Å²) in [5, 5.41) is 27.0. The van der Waals surface area contributed by atoms with Crippen LogP contribution >= 0.6 is 0 Å². The second-order valence-corrected chi connectivity index (χ2v) is 23.3. The molecular weight excluding hydrogens is 1040 g/mol. The van der Waals surface area contributed by atoms with Crippen LogP contribution in [0.1, 0.15) is 101 Å². The number of Topliss-reactive ketones (excluding diaryl/α,β-unsaturated/α-hetero) is 2. The number of benzene rings is 4. The molecule has 430 valence electrons. The molecule has 1 saturated heterocycles. The molecule has 5 aromatic rings. The zero-order chi connectivity index (χ0) is 58.5. The van der Waals surface area contributed by atoms with Crippen molar-refractivity contribution >= 4 is 68.9 Å². The second kappa shape index (κ2) is 22.7. The summed E-state index contributed by atoms with van der Waals surface area (Å²) in [5.41, 5.74) is -2.58. The summed E-state index contributed by atoms with van der Waals surface area (Å²) in [4.78, 5) is 90.1. The first-order valence-corrected chi connectivity index (χ1v) is 27.5. The van der Waals surface area contributed by atoms with E-state index in [2.05, 4.69) is 0 Å². The number of hydrogen-bond acceptors (Lipinski definition) is 17. The highest BCUT2D eigenvalue weighted by Crippen LogP contribution is 2.65. The molecule has 4 aromatic carbocycles. The number of unbranched alkanes of at least 4 members (excludes halogenated alkanes) is 1. The van der Waals surface area contributed by atoms with Crippen molar-refractivity contribution in [1.82, 2.24) is 0 Å². The third-order valence-corrected chi connectivity index (χ3v) is 17.9. The highest BCUT2D eigenvalue weighted by atomic mass is 16.6. The maximum atomic E-state index is 15.8. The van der Waals surface area contributed by atoms with Crippen LogP contribution in [0.4, 0.5) is 11.4 Å². The highest BCUT2D eigenvalue weighted by Gasteiger charge is 2.78. The first-order valence-electron chi connectivity index (χ1n) is 27.5. The van der Waals surface area contributed by atoms with Crippen LogP contribution in [0.3, 0.4) is 0 Å². The Hall–Kier alpha value is -7.02. The summed E-state index contributed by atoms with van der Waals surface area (Å²) in [6.45, 7) is 7.76. The molecule has 3 fully saturated rings. The lowest BCUT2D eigenvalue weighted by Crippen LogP contribution is -2.82. The van der Waals surface area contributed by atoms with Crippen LogP contribution in [-0.4, -0.2) is 137 Å². The molecule has 0 radical (unpaired) electrons. The standard InChI is InChI=1S/C64H74N2O15/c1-36-48(34-64(74)58(80-59(72)39-23-17-13-18-24-39)56-62(5,57(71)55(76-11)52(36)61(64,3)4)49(75-10)33-50-63(56,35-77-50)81-37(2)67)79-60(73)54(70)45(38-21-15-12-16-22-38)32-43(68)26-20-14-19-25-40-29-42(66(8)9)31-47-51(40)53(69)44-28-27-41(65(6)7)30-46(44)78-47/h12-13,15-19,21-25,27-31,45,48-50,54-56,58,70,74H,14,20,26,32-35H2,1-11H3/b25-19+/t45-,48-,49-,50+,54+,55+,56-,58-,62+,63-,64+/m0/s1. The fourth-order valence-electron chi connectivity index (χ4n) is 13.4. The van der Waals surface area contributed by atoms with E-state index in [9.17, 15) is 34.2 Å². The van der Waals surface area contributed by atoms with Crippen LogP contribution in [0.15, 0.2) is 117 Å². The summed E-state index contributed by atoms with van der Waals surface area (Å²) in [5.74, 6) is -5.76. The Labute approximate surface area is 471 Å². The van der Waals surface area contributed by atoms with Crippen molar-refractivity contribution < 1.29 is 67.0 Å². The number of hydrogen-bond donors (Lipinski definition) is 2. The fraction of sp³-hybridized carbons (Fsp3) is 0.469. The highest BCUT2D eigenvalue weighted by molar-refractivity contribution is 5.98. The van der Waals surface area contributed by atoms with Crippen molar-refractivity contribution in [2.24, 2.45) is 16.7 Å². The maximum absolute atomic E-state index is 15.8. The lowest BCUT2D eigenvalue weighted by atomic mass is 9.44. The van der Waals surface area contributed by atoms with Gasteiger partial charge in [0.1, 0.15) is 47.0 Å². The van der Waals surface area contributed by atoms with E-state index >= 15 is 4.79 Å². The monoisotopic (exact) mass is 1110 g/mol. The number of aliphatic hydroxyl groups is 2. The zero-order valence-electron chi connectivity index (χ0n) is 48.0. The third-order valence-electron chi connectivity index (χ3n) is 17.9. The summed E-state index contributed by atoms with van der Waals surface area (Å²) in [6.07, 6.45) is -3.86. The molecule has 0 unspecified atom stereocenters. The van der Waals surface area contributed by atoms with Crippen LogP contribution in [0, 0.1) is 16.7 Å². The molecule has 2 N–H and O–H groups in total. The number of rotatable bonds is 18. The smallest absolute Gasteiger partial charge is 0.338 e. The Morgan fingerprint density at radius 2 is 1.52 bits per heavy atom. The molecule has 1 aliphatic heterocycles. The lowest BCUT2D eigenvalue weighted by molar-refractivity contribution is -0.347. The molecule has 0 spiro atoms. The topological polar surface area (TPSA) is 218 Å². The number of anilines is 2. The molecule has 4 aliphatic rings. The van der Waals surface area contributed by atoms with Gasteiger partial charge in [-0.2, -0.15) is 0 Å². The molecule has 2 saturated carbocycles. The van der Waals surface area contributed by atoms with E-state index in [1.54, 1.807) is 94.4 Å². The van der Waals surface area contributed by atoms with E-state index in [0.29, 0.717) is 51.5 Å². The van der Waals surface area contributed by atoms with Gasteiger partial charge in [0.15, 0.2) is 17.5 Å². The van der Waals surface area contributed by atoms with Crippen LogP contribution < -0.4 is 15.2 Å². The Balaban J connectivity index is 1.00. The predicted molar refractivity (Wildman–Crippen MR) is 305 cm³/mol. The van der Waals surface area contributed by atoms with Gasteiger partial charge in [0, 0.05) is 110 Å². The molecule has 17 nitrogen and oxygen atoms in total. The quantitative estimate of drug-likeness (QED) is 0.0277. The van der Waals surface area contributed by atoms with Crippen LogP contribution in [0.2, 0.25) is 0 Å². The largest absolute Gasteiger partial charge is 0.456 e. The van der Waals surface area contributed by atoms with E-state index in [4.69, 9.17) is 32.8 Å². The number of methoxy groups -OCH3 is 2. The number of nitrogens with zero attached hydrogens (tertiary/aromatic N) is 2. The SMILES string of the molecule is CO[C@H]1C(=O)[C@]2(C)[C@@H](OC)C[C@H]3OC[C@@]3(OC(C)=O)[C@H]2[C@H](OC(=O)c2ccccc2)[C@]2(O)C[C@H](OC(=O)[C@H](O)[C@@H](CC(=O)CCC/C=C/c3cc(N(C)C)cc4oc5cc(N(C)C)ccc5c(=O)c34)c3ccccc3)C(C)=C1C2(C)C. The van der Waals surface area contributed by atoms with E-state index in [0.717, 1.165) is 11.4 Å². The number of esters is 3. The first-order chi connectivity index (χ1) is 38.4. The van der Waals surface area contributed by atoms with Crippen molar-refractivity contribution in [1.29, 1.82) is 0 Å². The molecule has 2 bridgehead atoms. The van der Waals surface area contributed by atoms with E-state index in [1.165, 1.54) is 21.1 Å².